The third-order valence-corrected chi connectivity index (χ3v) is 7.87. The van der Waals surface area contributed by atoms with E-state index in [-0.39, 0.29) is 11.7 Å². The molecule has 6 nitrogen and oxygen atoms in total. The summed E-state index contributed by atoms with van der Waals surface area (Å²) in [6.07, 6.45) is 8.08. The number of hydrogen-bond acceptors (Lipinski definition) is 5. The number of benzene rings is 2. The average Bonchev–Trinajstić information content (AvgIpc) is 2.96. The molecule has 1 amide bonds. The lowest BCUT2D eigenvalue weighted by Crippen LogP contribution is -2.51. The molecule has 0 aromatic heterocycles. The smallest absolute Gasteiger partial charge is 0.259 e. The maximum absolute atomic E-state index is 13.8. The Labute approximate surface area is 248 Å². The third-order valence-electron chi connectivity index (χ3n) is 7.01. The SMILES string of the molecule is CCCCCCOc1cc(F)ccc1C(=O)Nc1ccc(SNCC[N+](CC)(CC)CCCCC)cc1.OBr. The van der Waals surface area contributed by atoms with E-state index >= 15 is 0 Å². The first kappa shape index (κ1) is 35.4. The standard InChI is InChI=1S/C30H46FN3O2S.BrHO/c1-5-9-11-13-23-36-29-24-25(31)14-19-28(29)30(35)33-26-15-17-27(18-16-26)37-32-20-22-34(7-3,8-4)21-12-10-6-2;1-2/h14-19,24,32H,5-13,20-23H2,1-4H3;2H/p+1. The van der Waals surface area contributed by atoms with Gasteiger partial charge in [0.1, 0.15) is 11.6 Å². The van der Waals surface area contributed by atoms with Crippen LogP contribution in [0.3, 0.4) is 0 Å². The Morgan fingerprint density at radius 3 is 2.23 bits per heavy atom. The second kappa shape index (κ2) is 21.1. The van der Waals surface area contributed by atoms with Gasteiger partial charge in [0, 0.05) is 16.6 Å². The largest absolute Gasteiger partial charge is 0.493 e. The van der Waals surface area contributed by atoms with Crippen LogP contribution in [0.2, 0.25) is 0 Å². The van der Waals surface area contributed by atoms with Crippen LogP contribution in [-0.2, 0) is 0 Å². The fourth-order valence-corrected chi connectivity index (χ4v) is 5.03. The Morgan fingerprint density at radius 2 is 1.59 bits per heavy atom. The van der Waals surface area contributed by atoms with Crippen LogP contribution in [0.5, 0.6) is 5.75 Å². The summed E-state index contributed by atoms with van der Waals surface area (Å²) in [5.41, 5.74) is 1.03. The van der Waals surface area contributed by atoms with Crippen molar-refractivity contribution in [2.45, 2.75) is 77.5 Å². The van der Waals surface area contributed by atoms with Gasteiger partial charge in [-0.1, -0.05) is 39.5 Å². The highest BCUT2D eigenvalue weighted by Crippen LogP contribution is 2.23. The van der Waals surface area contributed by atoms with Crippen molar-refractivity contribution in [1.29, 1.82) is 0 Å². The lowest BCUT2D eigenvalue weighted by Gasteiger charge is -2.37. The van der Waals surface area contributed by atoms with Crippen molar-refractivity contribution in [3.05, 3.63) is 53.8 Å². The number of anilines is 1. The van der Waals surface area contributed by atoms with E-state index in [1.54, 1.807) is 11.9 Å². The second-order valence-corrected chi connectivity index (χ2v) is 10.6. The first-order chi connectivity index (χ1) is 19.0. The van der Waals surface area contributed by atoms with E-state index in [2.05, 4.69) is 37.7 Å². The van der Waals surface area contributed by atoms with Crippen molar-refractivity contribution in [3.63, 3.8) is 0 Å². The van der Waals surface area contributed by atoms with Gasteiger partial charge in [0.05, 0.1) is 61.2 Å². The van der Waals surface area contributed by atoms with Gasteiger partial charge in [-0.05, 0) is 81.5 Å². The molecule has 2 aromatic rings. The first-order valence-corrected chi connectivity index (χ1v) is 15.7. The van der Waals surface area contributed by atoms with Crippen molar-refractivity contribution in [3.8, 4) is 5.75 Å². The average molecular weight is 630 g/mol. The number of likely N-dealkylation sites (N-methyl/N-ethyl adjacent to an activating group) is 1. The number of hydrogen-bond donors (Lipinski definition) is 3. The minimum atomic E-state index is -0.413. The minimum absolute atomic E-state index is 0.286. The molecule has 0 unspecified atom stereocenters. The number of amides is 1. The van der Waals surface area contributed by atoms with Gasteiger partial charge < -0.3 is 18.7 Å². The van der Waals surface area contributed by atoms with Crippen LogP contribution in [0.15, 0.2) is 47.4 Å². The Kier molecular flexibility index (Phi) is 19.2. The molecule has 0 bridgehead atoms. The van der Waals surface area contributed by atoms with Gasteiger partial charge in [-0.2, -0.15) is 0 Å². The lowest BCUT2D eigenvalue weighted by molar-refractivity contribution is -0.924. The molecule has 9 heteroatoms. The predicted octanol–water partition coefficient (Wildman–Crippen LogP) is 7.97. The van der Waals surface area contributed by atoms with Crippen LogP contribution in [0.4, 0.5) is 10.1 Å². The number of nitrogens with one attached hydrogen (secondary N) is 2. The van der Waals surface area contributed by atoms with Crippen LogP contribution in [0, 0.1) is 5.82 Å². The highest BCUT2D eigenvalue weighted by atomic mass is 79.9. The fourth-order valence-electron chi connectivity index (χ4n) is 4.40. The molecule has 0 aliphatic rings. The van der Waals surface area contributed by atoms with Crippen molar-refractivity contribution in [2.75, 3.05) is 44.6 Å². The van der Waals surface area contributed by atoms with Crippen LogP contribution >= 0.6 is 28.2 Å². The molecule has 0 spiro atoms. The van der Waals surface area contributed by atoms with Gasteiger partial charge >= 0.3 is 0 Å². The van der Waals surface area contributed by atoms with Crippen molar-refractivity contribution < 1.29 is 22.6 Å². The maximum Gasteiger partial charge on any atom is 0.259 e. The number of quaternary nitrogens is 1. The fraction of sp³-hybridized carbons (Fsp3) is 0.567. The predicted molar refractivity (Wildman–Crippen MR) is 166 cm³/mol. The molecule has 0 atom stereocenters. The molecule has 220 valence electrons. The molecule has 3 N–H and O–H groups in total. The molecule has 2 aromatic carbocycles. The number of carbonyl (C=O) groups is 1. The van der Waals surface area contributed by atoms with Gasteiger partial charge in [0.2, 0.25) is 0 Å². The van der Waals surface area contributed by atoms with Gasteiger partial charge in [-0.15, -0.1) is 0 Å². The second-order valence-electron chi connectivity index (χ2n) is 9.65. The van der Waals surface area contributed by atoms with Crippen LogP contribution in [0.1, 0.15) is 83.0 Å². The summed E-state index contributed by atoms with van der Waals surface area (Å²) in [5.74, 6) is -0.434. The van der Waals surface area contributed by atoms with Crippen molar-refractivity contribution in [1.82, 2.24) is 4.72 Å². The molecule has 0 aliphatic carbocycles. The lowest BCUT2D eigenvalue weighted by atomic mass is 10.1. The summed E-state index contributed by atoms with van der Waals surface area (Å²) in [6.45, 7) is 15.1. The zero-order valence-corrected chi connectivity index (χ0v) is 26.5. The van der Waals surface area contributed by atoms with Gasteiger partial charge in [-0.3, -0.25) is 9.52 Å². The van der Waals surface area contributed by atoms with Crippen LogP contribution < -0.4 is 14.8 Å². The number of carbonyl (C=O) groups excluding carboxylic acids is 1. The Bertz CT molecular complexity index is 930. The normalized spacial score (nSPS) is 11.1. The Balaban J connectivity index is 0.00000371. The van der Waals surface area contributed by atoms with Crippen LogP contribution in [0.25, 0.3) is 0 Å². The van der Waals surface area contributed by atoms with Gasteiger partial charge in [-0.25, -0.2) is 4.39 Å². The number of halogens is 2. The van der Waals surface area contributed by atoms with E-state index in [0.29, 0.717) is 17.9 Å². The molecule has 2 rings (SSSR count). The topological polar surface area (TPSA) is 70.6 Å². The first-order valence-electron chi connectivity index (χ1n) is 14.2. The highest BCUT2D eigenvalue weighted by molar-refractivity contribution is 9.05. The van der Waals surface area contributed by atoms with Crippen molar-refractivity contribution in [2.24, 2.45) is 0 Å². The summed E-state index contributed by atoms with van der Waals surface area (Å²) in [4.78, 5) is 14.0. The Morgan fingerprint density at radius 1 is 0.923 bits per heavy atom. The Hall–Kier alpha value is -1.65. The molecule has 0 aliphatic heterocycles. The monoisotopic (exact) mass is 628 g/mol. The van der Waals surface area contributed by atoms with Crippen LogP contribution in [-0.4, -0.2) is 53.9 Å². The van der Waals surface area contributed by atoms with E-state index in [0.717, 1.165) is 48.2 Å². The number of ether oxygens (including phenoxy) is 1. The highest BCUT2D eigenvalue weighted by Gasteiger charge is 2.22. The zero-order valence-electron chi connectivity index (χ0n) is 24.1. The molecule has 0 saturated carbocycles. The van der Waals surface area contributed by atoms with E-state index in [1.807, 2.05) is 40.5 Å². The summed E-state index contributed by atoms with van der Waals surface area (Å²) in [5, 5.41) is 2.91. The molecule has 0 radical (unpaired) electrons. The summed E-state index contributed by atoms with van der Waals surface area (Å²) in [6, 6.07) is 11.8. The van der Waals surface area contributed by atoms with E-state index in [1.165, 1.54) is 57.1 Å². The van der Waals surface area contributed by atoms with Crippen molar-refractivity contribution >= 4 is 39.8 Å². The van der Waals surface area contributed by atoms with E-state index in [9.17, 15) is 9.18 Å². The molecule has 0 heterocycles. The van der Waals surface area contributed by atoms with E-state index in [4.69, 9.17) is 8.93 Å². The minimum Gasteiger partial charge on any atom is -0.493 e. The van der Waals surface area contributed by atoms with Gasteiger partial charge in [0.25, 0.3) is 5.91 Å². The molecule has 0 fully saturated rings. The third kappa shape index (κ3) is 13.5. The molecular weight excluding hydrogens is 581 g/mol. The summed E-state index contributed by atoms with van der Waals surface area (Å²) < 4.78 is 31.0. The number of nitrogens with zero attached hydrogens (tertiary/aromatic N) is 1. The number of unbranched alkanes of at least 4 members (excludes halogenated alkanes) is 5. The zero-order chi connectivity index (χ0) is 28.9. The number of rotatable bonds is 19. The summed E-state index contributed by atoms with van der Waals surface area (Å²) in [7, 11) is 0. The van der Waals surface area contributed by atoms with E-state index < -0.39 is 5.82 Å². The van der Waals surface area contributed by atoms with Gasteiger partial charge in [0.15, 0.2) is 0 Å². The molecule has 39 heavy (non-hydrogen) atoms. The summed E-state index contributed by atoms with van der Waals surface area (Å²) >= 11 is 3.56. The molecular formula is C30H48BrFN3O3S+. The quantitative estimate of drug-likeness (QED) is 0.0836. The maximum atomic E-state index is 13.8. The molecule has 0 saturated heterocycles.